The van der Waals surface area contributed by atoms with Crippen LogP contribution in [-0.2, 0) is 11.2 Å². The van der Waals surface area contributed by atoms with E-state index in [4.69, 9.17) is 5.26 Å². The van der Waals surface area contributed by atoms with E-state index in [9.17, 15) is 4.79 Å². The van der Waals surface area contributed by atoms with Gasteiger partial charge in [0.2, 0.25) is 0 Å². The maximum Gasteiger partial charge on any atom is 0.261 e. The first-order valence-corrected chi connectivity index (χ1v) is 5.21. The number of rotatable bonds is 1. The van der Waals surface area contributed by atoms with Crippen molar-refractivity contribution in [1.82, 2.24) is 5.32 Å². The molecule has 1 amide bonds. The standard InChI is InChI=1S/C13H12N2O/c1-15-13(16)12(8-14)11-7-6-9-4-2-3-5-10(9)11/h2-5H,6-7H2,1H3,(H,15,16)/b12-11+. The van der Waals surface area contributed by atoms with Gasteiger partial charge in [-0.15, -0.1) is 0 Å². The SMILES string of the molecule is CNC(=O)/C(C#N)=C1\CCc2ccccc21. The number of hydrogen-bond acceptors (Lipinski definition) is 2. The van der Waals surface area contributed by atoms with Gasteiger partial charge in [-0.2, -0.15) is 5.26 Å². The molecule has 0 spiro atoms. The molecule has 2 rings (SSSR count). The summed E-state index contributed by atoms with van der Waals surface area (Å²) >= 11 is 0. The third kappa shape index (κ3) is 1.59. The van der Waals surface area contributed by atoms with Gasteiger partial charge in [0.1, 0.15) is 11.6 Å². The Balaban J connectivity index is 2.55. The van der Waals surface area contributed by atoms with Crippen molar-refractivity contribution < 1.29 is 4.79 Å². The van der Waals surface area contributed by atoms with Gasteiger partial charge in [-0.1, -0.05) is 24.3 Å². The Morgan fingerprint density at radius 3 is 2.81 bits per heavy atom. The van der Waals surface area contributed by atoms with Crippen molar-refractivity contribution in [2.24, 2.45) is 0 Å². The molecule has 1 aromatic carbocycles. The first-order chi connectivity index (χ1) is 7.77. The van der Waals surface area contributed by atoms with E-state index >= 15 is 0 Å². The van der Waals surface area contributed by atoms with Crippen LogP contribution in [0.5, 0.6) is 0 Å². The number of nitrogens with one attached hydrogen (secondary N) is 1. The molecule has 0 heterocycles. The second-order valence-electron chi connectivity index (χ2n) is 3.70. The molecule has 3 nitrogen and oxygen atoms in total. The molecule has 1 aliphatic rings. The maximum atomic E-state index is 11.5. The minimum Gasteiger partial charge on any atom is -0.354 e. The Labute approximate surface area is 94.4 Å². The lowest BCUT2D eigenvalue weighted by Gasteiger charge is -2.04. The number of carbonyl (C=O) groups is 1. The quantitative estimate of drug-likeness (QED) is 0.568. The highest BCUT2D eigenvalue weighted by Crippen LogP contribution is 2.34. The minimum absolute atomic E-state index is 0.243. The van der Waals surface area contributed by atoms with E-state index in [1.165, 1.54) is 5.56 Å². The second kappa shape index (κ2) is 4.19. The Morgan fingerprint density at radius 1 is 1.38 bits per heavy atom. The minimum atomic E-state index is -0.297. The topological polar surface area (TPSA) is 52.9 Å². The van der Waals surface area contributed by atoms with Crippen LogP contribution in [0.3, 0.4) is 0 Å². The number of nitriles is 1. The molecule has 0 saturated carbocycles. The van der Waals surface area contributed by atoms with Crippen molar-refractivity contribution in [2.45, 2.75) is 12.8 Å². The zero-order valence-corrected chi connectivity index (χ0v) is 9.08. The lowest BCUT2D eigenvalue weighted by Crippen LogP contribution is -2.20. The highest BCUT2D eigenvalue weighted by Gasteiger charge is 2.22. The highest BCUT2D eigenvalue weighted by molar-refractivity contribution is 6.05. The van der Waals surface area contributed by atoms with Crippen LogP contribution >= 0.6 is 0 Å². The second-order valence-corrected chi connectivity index (χ2v) is 3.70. The van der Waals surface area contributed by atoms with E-state index in [2.05, 4.69) is 5.32 Å². The van der Waals surface area contributed by atoms with E-state index in [1.807, 2.05) is 30.3 Å². The van der Waals surface area contributed by atoms with E-state index in [0.717, 1.165) is 24.0 Å². The molecule has 1 aromatic rings. The number of likely N-dealkylation sites (N-methyl/N-ethyl adjacent to an activating group) is 1. The number of carbonyl (C=O) groups excluding carboxylic acids is 1. The van der Waals surface area contributed by atoms with Crippen molar-refractivity contribution >= 4 is 11.5 Å². The van der Waals surface area contributed by atoms with Crippen molar-refractivity contribution in [3.05, 3.63) is 41.0 Å². The molecule has 0 fully saturated rings. The van der Waals surface area contributed by atoms with Gasteiger partial charge in [0.05, 0.1) is 0 Å². The average Bonchev–Trinajstić information content (AvgIpc) is 2.74. The van der Waals surface area contributed by atoms with Gasteiger partial charge in [-0.25, -0.2) is 0 Å². The number of fused-ring (bicyclic) bond motifs is 1. The number of hydrogen-bond donors (Lipinski definition) is 1. The molecule has 0 unspecified atom stereocenters. The lowest BCUT2D eigenvalue weighted by atomic mass is 10.0. The molecule has 1 N–H and O–H groups in total. The Morgan fingerprint density at radius 2 is 2.12 bits per heavy atom. The fourth-order valence-electron chi connectivity index (χ4n) is 2.07. The van der Waals surface area contributed by atoms with Gasteiger partial charge in [-0.3, -0.25) is 4.79 Å². The summed E-state index contributed by atoms with van der Waals surface area (Å²) in [6.45, 7) is 0. The summed E-state index contributed by atoms with van der Waals surface area (Å²) < 4.78 is 0. The molecule has 0 radical (unpaired) electrons. The number of benzene rings is 1. The van der Waals surface area contributed by atoms with Crippen LogP contribution in [0.1, 0.15) is 17.5 Å². The summed E-state index contributed by atoms with van der Waals surface area (Å²) in [5.41, 5.74) is 3.38. The van der Waals surface area contributed by atoms with Gasteiger partial charge in [0.25, 0.3) is 5.91 Å². The number of allylic oxidation sites excluding steroid dienone is 1. The number of nitrogens with zero attached hydrogens (tertiary/aromatic N) is 1. The molecule has 0 aromatic heterocycles. The summed E-state index contributed by atoms with van der Waals surface area (Å²) in [5.74, 6) is -0.297. The third-order valence-electron chi connectivity index (χ3n) is 2.85. The maximum absolute atomic E-state index is 11.5. The molecular formula is C13H12N2O. The first kappa shape index (κ1) is 10.4. The van der Waals surface area contributed by atoms with Crippen molar-refractivity contribution in [1.29, 1.82) is 5.26 Å². The largest absolute Gasteiger partial charge is 0.354 e. The molecule has 16 heavy (non-hydrogen) atoms. The van der Waals surface area contributed by atoms with Crippen LogP contribution in [0.25, 0.3) is 5.57 Å². The smallest absolute Gasteiger partial charge is 0.261 e. The molecular weight excluding hydrogens is 200 g/mol. The lowest BCUT2D eigenvalue weighted by molar-refractivity contribution is -0.116. The molecule has 0 aliphatic heterocycles. The van der Waals surface area contributed by atoms with E-state index < -0.39 is 0 Å². The molecule has 0 saturated heterocycles. The van der Waals surface area contributed by atoms with Gasteiger partial charge in [0, 0.05) is 7.05 Å². The number of amides is 1. The van der Waals surface area contributed by atoms with Crippen LogP contribution in [0.15, 0.2) is 29.8 Å². The van der Waals surface area contributed by atoms with E-state index in [-0.39, 0.29) is 11.5 Å². The summed E-state index contributed by atoms with van der Waals surface area (Å²) in [6, 6.07) is 9.93. The zero-order chi connectivity index (χ0) is 11.5. The van der Waals surface area contributed by atoms with Crippen LogP contribution in [0, 0.1) is 11.3 Å². The molecule has 0 bridgehead atoms. The van der Waals surface area contributed by atoms with Crippen LogP contribution < -0.4 is 5.32 Å². The summed E-state index contributed by atoms with van der Waals surface area (Å²) in [7, 11) is 1.54. The van der Waals surface area contributed by atoms with Crippen molar-refractivity contribution in [3.8, 4) is 6.07 Å². The van der Waals surface area contributed by atoms with E-state index in [1.54, 1.807) is 7.05 Å². The molecule has 1 aliphatic carbocycles. The summed E-state index contributed by atoms with van der Waals surface area (Å²) in [4.78, 5) is 11.5. The van der Waals surface area contributed by atoms with Crippen LogP contribution in [-0.4, -0.2) is 13.0 Å². The highest BCUT2D eigenvalue weighted by atomic mass is 16.1. The number of aryl methyl sites for hydroxylation is 1. The van der Waals surface area contributed by atoms with E-state index in [0.29, 0.717) is 0 Å². The van der Waals surface area contributed by atoms with Gasteiger partial charge >= 0.3 is 0 Å². The van der Waals surface area contributed by atoms with Gasteiger partial charge in [-0.05, 0) is 29.5 Å². The third-order valence-corrected chi connectivity index (χ3v) is 2.85. The Bertz CT molecular complexity index is 509. The van der Waals surface area contributed by atoms with Crippen LogP contribution in [0.2, 0.25) is 0 Å². The van der Waals surface area contributed by atoms with Crippen molar-refractivity contribution in [2.75, 3.05) is 7.05 Å². The monoisotopic (exact) mass is 212 g/mol. The fraction of sp³-hybridized carbons (Fsp3) is 0.231. The Kier molecular flexibility index (Phi) is 2.74. The molecule has 80 valence electrons. The predicted molar refractivity (Wildman–Crippen MR) is 61.4 cm³/mol. The predicted octanol–water partition coefficient (Wildman–Crippen LogP) is 1.66. The van der Waals surface area contributed by atoms with Crippen molar-refractivity contribution in [3.63, 3.8) is 0 Å². The normalized spacial score (nSPS) is 16.2. The average molecular weight is 212 g/mol. The summed E-state index contributed by atoms with van der Waals surface area (Å²) in [6.07, 6.45) is 1.68. The molecule has 3 heteroatoms. The first-order valence-electron chi connectivity index (χ1n) is 5.21. The van der Waals surface area contributed by atoms with Crippen LogP contribution in [0.4, 0.5) is 0 Å². The van der Waals surface area contributed by atoms with Gasteiger partial charge in [0.15, 0.2) is 0 Å². The zero-order valence-electron chi connectivity index (χ0n) is 9.08. The van der Waals surface area contributed by atoms with Gasteiger partial charge < -0.3 is 5.32 Å². The fourth-order valence-corrected chi connectivity index (χ4v) is 2.07. The molecule has 0 atom stereocenters. The Hall–Kier alpha value is -2.08. The summed E-state index contributed by atoms with van der Waals surface area (Å²) in [5, 5.41) is 11.5.